The number of anilines is 1. The molecule has 0 saturated carbocycles. The maximum atomic E-state index is 10.4. The van der Waals surface area contributed by atoms with Crippen molar-refractivity contribution in [1.29, 1.82) is 0 Å². The molecule has 0 spiro atoms. The maximum Gasteiger partial charge on any atom is 0.322 e. The number of hydrogen-bond donors (Lipinski definition) is 2. The van der Waals surface area contributed by atoms with Crippen molar-refractivity contribution >= 4 is 23.1 Å². The highest BCUT2D eigenvalue weighted by atomic mass is 32.1. The molecule has 0 unspecified atom stereocenters. The van der Waals surface area contributed by atoms with Crippen LogP contribution in [0, 0.1) is 0 Å². The third-order valence-corrected chi connectivity index (χ3v) is 2.68. The van der Waals surface area contributed by atoms with Crippen LogP contribution in [0.15, 0.2) is 29.8 Å². The summed E-state index contributed by atoms with van der Waals surface area (Å²) in [6.07, 6.45) is 1.60. The average Bonchev–Trinajstić information content (AvgIpc) is 2.80. The summed E-state index contributed by atoms with van der Waals surface area (Å²) in [5, 5.41) is 13.2. The van der Waals surface area contributed by atoms with Gasteiger partial charge < -0.3 is 10.4 Å². The number of aliphatic carboxylic acids is 1. The first-order chi connectivity index (χ1) is 7.75. The molecule has 0 fully saturated rings. The van der Waals surface area contributed by atoms with Crippen molar-refractivity contribution in [3.8, 4) is 10.7 Å². The monoisotopic (exact) mass is 235 g/mol. The standard InChI is InChI=1S/C10H9N3O2S/c14-9(15)6-12-8-3-4-11-10(13-8)7-2-1-5-16-7/h1-5H,6H2,(H,14,15)(H,11,12,13). The van der Waals surface area contributed by atoms with Crippen molar-refractivity contribution in [3.05, 3.63) is 29.8 Å². The van der Waals surface area contributed by atoms with Gasteiger partial charge in [0, 0.05) is 6.20 Å². The third kappa shape index (κ3) is 2.54. The van der Waals surface area contributed by atoms with E-state index in [1.807, 2.05) is 17.5 Å². The fourth-order valence-corrected chi connectivity index (χ4v) is 1.81. The van der Waals surface area contributed by atoms with Gasteiger partial charge in [-0.15, -0.1) is 11.3 Å². The van der Waals surface area contributed by atoms with E-state index in [1.54, 1.807) is 23.6 Å². The Bertz CT molecular complexity index is 485. The largest absolute Gasteiger partial charge is 0.480 e. The predicted octanol–water partition coefficient (Wildman–Crippen LogP) is 1.70. The van der Waals surface area contributed by atoms with Gasteiger partial charge in [0.2, 0.25) is 0 Å². The molecule has 0 aliphatic rings. The minimum atomic E-state index is -0.920. The number of carboxylic acid groups (broad SMARTS) is 1. The van der Waals surface area contributed by atoms with E-state index < -0.39 is 5.97 Å². The van der Waals surface area contributed by atoms with Crippen LogP contribution in [0.1, 0.15) is 0 Å². The Morgan fingerprint density at radius 2 is 2.38 bits per heavy atom. The molecule has 2 heterocycles. The van der Waals surface area contributed by atoms with Crippen molar-refractivity contribution in [1.82, 2.24) is 9.97 Å². The van der Waals surface area contributed by atoms with Crippen LogP contribution in [0.3, 0.4) is 0 Å². The molecule has 6 heteroatoms. The zero-order valence-corrected chi connectivity index (χ0v) is 9.07. The first-order valence-corrected chi connectivity index (χ1v) is 5.46. The van der Waals surface area contributed by atoms with Crippen LogP contribution < -0.4 is 5.32 Å². The minimum Gasteiger partial charge on any atom is -0.480 e. The number of hydrogen-bond acceptors (Lipinski definition) is 5. The molecule has 0 saturated heterocycles. The fourth-order valence-electron chi connectivity index (χ4n) is 1.15. The highest BCUT2D eigenvalue weighted by Gasteiger charge is 2.04. The van der Waals surface area contributed by atoms with Gasteiger partial charge in [-0.05, 0) is 17.5 Å². The number of carbonyl (C=O) groups is 1. The third-order valence-electron chi connectivity index (χ3n) is 1.82. The van der Waals surface area contributed by atoms with E-state index in [2.05, 4.69) is 15.3 Å². The van der Waals surface area contributed by atoms with Crippen LogP contribution in [0.5, 0.6) is 0 Å². The van der Waals surface area contributed by atoms with Crippen molar-refractivity contribution < 1.29 is 9.90 Å². The molecule has 0 aliphatic heterocycles. The van der Waals surface area contributed by atoms with E-state index in [-0.39, 0.29) is 6.54 Å². The van der Waals surface area contributed by atoms with Crippen LogP contribution in [-0.2, 0) is 4.79 Å². The maximum absolute atomic E-state index is 10.4. The van der Waals surface area contributed by atoms with Gasteiger partial charge in [0.25, 0.3) is 0 Å². The highest BCUT2D eigenvalue weighted by molar-refractivity contribution is 7.13. The van der Waals surface area contributed by atoms with Crippen LogP contribution in [0.25, 0.3) is 10.7 Å². The molecule has 0 bridgehead atoms. The van der Waals surface area contributed by atoms with Crippen LogP contribution in [-0.4, -0.2) is 27.6 Å². The zero-order valence-electron chi connectivity index (χ0n) is 8.25. The second-order valence-electron chi connectivity index (χ2n) is 2.99. The Labute approximate surface area is 95.8 Å². The predicted molar refractivity (Wildman–Crippen MR) is 61.5 cm³/mol. The average molecular weight is 235 g/mol. The molecule has 0 atom stereocenters. The van der Waals surface area contributed by atoms with E-state index in [4.69, 9.17) is 5.11 Å². The van der Waals surface area contributed by atoms with E-state index in [9.17, 15) is 4.79 Å². The molecule has 2 aromatic rings. The van der Waals surface area contributed by atoms with Crippen molar-refractivity contribution in [2.24, 2.45) is 0 Å². The lowest BCUT2D eigenvalue weighted by molar-refractivity contribution is -0.134. The topological polar surface area (TPSA) is 75.1 Å². The van der Waals surface area contributed by atoms with Gasteiger partial charge in [-0.25, -0.2) is 9.97 Å². The Kier molecular flexibility index (Phi) is 3.11. The lowest BCUT2D eigenvalue weighted by atomic mass is 10.4. The van der Waals surface area contributed by atoms with Gasteiger partial charge in [0.05, 0.1) is 4.88 Å². The quantitative estimate of drug-likeness (QED) is 0.843. The molecule has 2 rings (SSSR count). The molecule has 16 heavy (non-hydrogen) atoms. The van der Waals surface area contributed by atoms with Crippen molar-refractivity contribution in [2.45, 2.75) is 0 Å². The molecule has 2 N–H and O–H groups in total. The summed E-state index contributed by atoms with van der Waals surface area (Å²) in [7, 11) is 0. The van der Waals surface area contributed by atoms with Crippen molar-refractivity contribution in [2.75, 3.05) is 11.9 Å². The molecule has 2 aromatic heterocycles. The summed E-state index contributed by atoms with van der Waals surface area (Å²) >= 11 is 1.54. The van der Waals surface area contributed by atoms with Gasteiger partial charge >= 0.3 is 5.97 Å². The fraction of sp³-hybridized carbons (Fsp3) is 0.100. The SMILES string of the molecule is O=C(O)CNc1ccnc(-c2cccs2)n1. The normalized spacial score (nSPS) is 10.0. The molecule has 82 valence electrons. The summed E-state index contributed by atoms with van der Waals surface area (Å²) in [4.78, 5) is 19.7. The summed E-state index contributed by atoms with van der Waals surface area (Å²) in [5.41, 5.74) is 0. The van der Waals surface area contributed by atoms with Gasteiger partial charge in [0.15, 0.2) is 5.82 Å². The molecule has 0 radical (unpaired) electrons. The number of thiophene rings is 1. The zero-order chi connectivity index (χ0) is 11.4. The lowest BCUT2D eigenvalue weighted by Gasteiger charge is -2.03. The Morgan fingerprint density at radius 1 is 1.50 bits per heavy atom. The van der Waals surface area contributed by atoms with Crippen molar-refractivity contribution in [3.63, 3.8) is 0 Å². The van der Waals surface area contributed by atoms with Crippen LogP contribution in [0.2, 0.25) is 0 Å². The number of nitrogens with zero attached hydrogens (tertiary/aromatic N) is 2. The Hall–Kier alpha value is -1.95. The number of rotatable bonds is 4. The summed E-state index contributed by atoms with van der Waals surface area (Å²) < 4.78 is 0. The summed E-state index contributed by atoms with van der Waals surface area (Å²) in [5.74, 6) is 0.197. The molecular formula is C10H9N3O2S. The van der Waals surface area contributed by atoms with E-state index in [0.717, 1.165) is 4.88 Å². The van der Waals surface area contributed by atoms with Gasteiger partial charge in [0.1, 0.15) is 12.4 Å². The van der Waals surface area contributed by atoms with Gasteiger partial charge in [-0.2, -0.15) is 0 Å². The molecule has 0 aliphatic carbocycles. The Morgan fingerprint density at radius 3 is 3.06 bits per heavy atom. The first-order valence-electron chi connectivity index (χ1n) is 4.58. The van der Waals surface area contributed by atoms with E-state index in [0.29, 0.717) is 11.6 Å². The molecule has 5 nitrogen and oxygen atoms in total. The summed E-state index contributed by atoms with van der Waals surface area (Å²) in [6.45, 7) is -0.152. The number of carboxylic acids is 1. The minimum absolute atomic E-state index is 0.152. The smallest absolute Gasteiger partial charge is 0.322 e. The highest BCUT2D eigenvalue weighted by Crippen LogP contribution is 2.21. The second-order valence-corrected chi connectivity index (χ2v) is 3.94. The first kappa shape index (κ1) is 10.6. The molecular weight excluding hydrogens is 226 g/mol. The van der Waals surface area contributed by atoms with Crippen LogP contribution in [0.4, 0.5) is 5.82 Å². The van der Waals surface area contributed by atoms with Gasteiger partial charge in [-0.1, -0.05) is 6.07 Å². The number of aromatic nitrogens is 2. The van der Waals surface area contributed by atoms with E-state index >= 15 is 0 Å². The lowest BCUT2D eigenvalue weighted by Crippen LogP contribution is -2.13. The Balaban J connectivity index is 2.17. The second kappa shape index (κ2) is 4.71. The van der Waals surface area contributed by atoms with E-state index in [1.165, 1.54) is 0 Å². The van der Waals surface area contributed by atoms with Crippen LogP contribution >= 0.6 is 11.3 Å². The number of nitrogens with one attached hydrogen (secondary N) is 1. The molecule has 0 aromatic carbocycles. The van der Waals surface area contributed by atoms with Gasteiger partial charge in [-0.3, -0.25) is 4.79 Å². The molecule has 0 amide bonds. The summed E-state index contributed by atoms with van der Waals surface area (Å²) in [6, 6.07) is 5.47.